The average Bonchev–Trinajstić information content (AvgIpc) is 2.97. The molecule has 2 N–H and O–H groups in total. The molecule has 0 saturated carbocycles. The fourth-order valence-electron chi connectivity index (χ4n) is 3.89. The van der Waals surface area contributed by atoms with Crippen LogP contribution in [-0.4, -0.2) is 60.1 Å². The SMILES string of the molecule is Cc1cccc(C(=O)Nc2ccc3nc(N4CCCN(C)CC4)cc(C(=O)O)c3c2)c1. The maximum absolute atomic E-state index is 12.6. The van der Waals surface area contributed by atoms with Crippen LogP contribution in [-0.2, 0) is 0 Å². The van der Waals surface area contributed by atoms with Gasteiger partial charge < -0.3 is 20.2 Å². The number of fused-ring (bicyclic) bond motifs is 1. The zero-order valence-electron chi connectivity index (χ0n) is 17.8. The summed E-state index contributed by atoms with van der Waals surface area (Å²) < 4.78 is 0. The normalized spacial score (nSPS) is 15.0. The lowest BCUT2D eigenvalue weighted by atomic mass is 10.1. The quantitative estimate of drug-likeness (QED) is 0.673. The number of carbonyl (C=O) groups is 2. The highest BCUT2D eigenvalue weighted by Gasteiger charge is 2.19. The summed E-state index contributed by atoms with van der Waals surface area (Å²) in [5.74, 6) is -0.572. The van der Waals surface area contributed by atoms with Crippen molar-refractivity contribution in [3.8, 4) is 0 Å². The van der Waals surface area contributed by atoms with E-state index in [0.717, 1.165) is 38.2 Å². The van der Waals surface area contributed by atoms with Gasteiger partial charge in [0.1, 0.15) is 5.82 Å². The Labute approximate surface area is 181 Å². The maximum Gasteiger partial charge on any atom is 0.336 e. The molecule has 7 nitrogen and oxygen atoms in total. The van der Waals surface area contributed by atoms with Crippen molar-refractivity contribution in [2.75, 3.05) is 43.4 Å². The van der Waals surface area contributed by atoms with Crippen LogP contribution >= 0.6 is 0 Å². The van der Waals surface area contributed by atoms with Crippen molar-refractivity contribution in [3.05, 3.63) is 65.2 Å². The van der Waals surface area contributed by atoms with E-state index in [9.17, 15) is 14.7 Å². The summed E-state index contributed by atoms with van der Waals surface area (Å²) >= 11 is 0. The molecule has 1 amide bonds. The summed E-state index contributed by atoms with van der Waals surface area (Å²) in [6.07, 6.45) is 1.00. The lowest BCUT2D eigenvalue weighted by Gasteiger charge is -2.22. The molecule has 160 valence electrons. The van der Waals surface area contributed by atoms with Crippen molar-refractivity contribution >= 4 is 34.3 Å². The van der Waals surface area contributed by atoms with Crippen molar-refractivity contribution in [1.82, 2.24) is 9.88 Å². The molecule has 0 radical (unpaired) electrons. The number of carboxylic acids is 1. The molecule has 0 spiro atoms. The van der Waals surface area contributed by atoms with Crippen LogP contribution in [0.25, 0.3) is 10.9 Å². The molecule has 2 aromatic carbocycles. The van der Waals surface area contributed by atoms with E-state index in [0.29, 0.717) is 28.0 Å². The number of hydrogen-bond donors (Lipinski definition) is 2. The van der Waals surface area contributed by atoms with Gasteiger partial charge in [-0.2, -0.15) is 0 Å². The molecule has 0 unspecified atom stereocenters. The minimum Gasteiger partial charge on any atom is -0.478 e. The van der Waals surface area contributed by atoms with Crippen LogP contribution in [0, 0.1) is 6.92 Å². The summed E-state index contributed by atoms with van der Waals surface area (Å²) in [5.41, 5.74) is 2.87. The van der Waals surface area contributed by atoms with Gasteiger partial charge in [0.25, 0.3) is 5.91 Å². The minimum absolute atomic E-state index is 0.184. The summed E-state index contributed by atoms with van der Waals surface area (Å²) in [4.78, 5) is 33.7. The van der Waals surface area contributed by atoms with Gasteiger partial charge in [-0.15, -0.1) is 0 Å². The molecule has 31 heavy (non-hydrogen) atoms. The third-order valence-electron chi connectivity index (χ3n) is 5.61. The number of likely N-dealkylation sites (N-methyl/N-ethyl adjacent to an activating group) is 1. The number of hydrogen-bond acceptors (Lipinski definition) is 5. The second kappa shape index (κ2) is 8.73. The van der Waals surface area contributed by atoms with Gasteiger partial charge in [-0.25, -0.2) is 9.78 Å². The second-order valence-electron chi connectivity index (χ2n) is 8.03. The Morgan fingerprint density at radius 2 is 1.87 bits per heavy atom. The molecule has 0 bridgehead atoms. The van der Waals surface area contributed by atoms with Gasteiger partial charge in [-0.3, -0.25) is 4.79 Å². The Balaban J connectivity index is 1.66. The molecule has 4 rings (SSSR count). The first-order valence-corrected chi connectivity index (χ1v) is 10.4. The monoisotopic (exact) mass is 418 g/mol. The van der Waals surface area contributed by atoms with Crippen LogP contribution in [0.15, 0.2) is 48.5 Å². The van der Waals surface area contributed by atoms with Gasteiger partial charge in [0.2, 0.25) is 0 Å². The molecule has 0 aliphatic carbocycles. The molecule has 7 heteroatoms. The van der Waals surface area contributed by atoms with Gasteiger partial charge in [0.05, 0.1) is 11.1 Å². The van der Waals surface area contributed by atoms with Gasteiger partial charge >= 0.3 is 5.97 Å². The predicted octanol–water partition coefficient (Wildman–Crippen LogP) is 3.64. The lowest BCUT2D eigenvalue weighted by Crippen LogP contribution is -2.29. The Kier molecular flexibility index (Phi) is 5.86. The molecule has 1 saturated heterocycles. The highest BCUT2D eigenvalue weighted by Crippen LogP contribution is 2.27. The van der Waals surface area contributed by atoms with Crippen LogP contribution in [0.3, 0.4) is 0 Å². The zero-order valence-corrected chi connectivity index (χ0v) is 17.8. The average molecular weight is 418 g/mol. The third kappa shape index (κ3) is 4.67. The number of nitrogens with zero attached hydrogens (tertiary/aromatic N) is 3. The summed E-state index contributed by atoms with van der Waals surface area (Å²) in [7, 11) is 2.09. The lowest BCUT2D eigenvalue weighted by molar-refractivity contribution is 0.0698. The van der Waals surface area contributed by atoms with Crippen LogP contribution in [0.5, 0.6) is 0 Å². The van der Waals surface area contributed by atoms with Crippen molar-refractivity contribution in [3.63, 3.8) is 0 Å². The number of aromatic nitrogens is 1. The largest absolute Gasteiger partial charge is 0.478 e. The first-order valence-electron chi connectivity index (χ1n) is 10.4. The van der Waals surface area contributed by atoms with E-state index in [1.165, 1.54) is 0 Å². The van der Waals surface area contributed by atoms with Crippen molar-refractivity contribution in [2.24, 2.45) is 0 Å². The molecule has 3 aromatic rings. The summed E-state index contributed by atoms with van der Waals surface area (Å²) in [5, 5.41) is 13.2. The van der Waals surface area contributed by atoms with Crippen molar-refractivity contribution in [1.29, 1.82) is 0 Å². The van der Waals surface area contributed by atoms with E-state index < -0.39 is 5.97 Å². The van der Waals surface area contributed by atoms with Crippen molar-refractivity contribution in [2.45, 2.75) is 13.3 Å². The standard InChI is InChI=1S/C24H26N4O3/c1-16-5-3-6-17(13-16)23(29)25-18-7-8-21-19(14-18)20(24(30)31)15-22(26-21)28-10-4-9-27(2)11-12-28/h3,5-8,13-15H,4,9-12H2,1-2H3,(H,25,29)(H,30,31). The van der Waals surface area contributed by atoms with Crippen molar-refractivity contribution < 1.29 is 14.7 Å². The van der Waals surface area contributed by atoms with E-state index in [2.05, 4.69) is 22.2 Å². The smallest absolute Gasteiger partial charge is 0.336 e. The molecule has 1 fully saturated rings. The number of aryl methyl sites for hydroxylation is 1. The van der Waals surface area contributed by atoms with Gasteiger partial charge in [0, 0.05) is 36.3 Å². The molecule has 1 aliphatic heterocycles. The van der Waals surface area contributed by atoms with Crippen LogP contribution in [0.2, 0.25) is 0 Å². The van der Waals surface area contributed by atoms with Gasteiger partial charge in [-0.1, -0.05) is 17.7 Å². The van der Waals surface area contributed by atoms with E-state index >= 15 is 0 Å². The Bertz CT molecular complexity index is 1140. The number of anilines is 2. The number of pyridine rings is 1. The number of rotatable bonds is 4. The number of benzene rings is 2. The van der Waals surface area contributed by atoms with E-state index in [4.69, 9.17) is 4.98 Å². The molecular formula is C24H26N4O3. The van der Waals surface area contributed by atoms with E-state index in [-0.39, 0.29) is 11.5 Å². The van der Waals surface area contributed by atoms with Gasteiger partial charge in [-0.05, 0) is 63.3 Å². The number of carboxylic acid groups (broad SMARTS) is 1. The summed E-state index contributed by atoms with van der Waals surface area (Å²) in [6, 6.07) is 14.2. The molecule has 1 aliphatic rings. The topological polar surface area (TPSA) is 85.8 Å². The van der Waals surface area contributed by atoms with Crippen LogP contribution < -0.4 is 10.2 Å². The fraction of sp³-hybridized carbons (Fsp3) is 0.292. The number of aromatic carboxylic acids is 1. The molecule has 0 atom stereocenters. The summed E-state index contributed by atoms with van der Waals surface area (Å²) in [6.45, 7) is 5.49. The molecule has 1 aromatic heterocycles. The first kappa shape index (κ1) is 20.8. The molecular weight excluding hydrogens is 392 g/mol. The second-order valence-corrected chi connectivity index (χ2v) is 8.03. The van der Waals surface area contributed by atoms with E-state index in [1.807, 2.05) is 25.1 Å². The van der Waals surface area contributed by atoms with Crippen LogP contribution in [0.1, 0.15) is 32.7 Å². The number of nitrogens with one attached hydrogen (secondary N) is 1. The Morgan fingerprint density at radius 1 is 1.03 bits per heavy atom. The maximum atomic E-state index is 12.6. The zero-order chi connectivity index (χ0) is 22.0. The highest BCUT2D eigenvalue weighted by molar-refractivity contribution is 6.08. The minimum atomic E-state index is -1.01. The van der Waals surface area contributed by atoms with Gasteiger partial charge in [0.15, 0.2) is 0 Å². The van der Waals surface area contributed by atoms with E-state index in [1.54, 1.807) is 30.3 Å². The Hall–Kier alpha value is -3.45. The number of amides is 1. The third-order valence-corrected chi connectivity index (χ3v) is 5.61. The highest BCUT2D eigenvalue weighted by atomic mass is 16.4. The Morgan fingerprint density at radius 3 is 2.65 bits per heavy atom. The van der Waals surface area contributed by atoms with Crippen LogP contribution in [0.4, 0.5) is 11.5 Å². The predicted molar refractivity (Wildman–Crippen MR) is 122 cm³/mol. The first-order chi connectivity index (χ1) is 14.9. The number of carbonyl (C=O) groups excluding carboxylic acids is 1. The molecule has 2 heterocycles. The fourth-order valence-corrected chi connectivity index (χ4v) is 3.89.